The van der Waals surface area contributed by atoms with E-state index in [0.717, 1.165) is 5.56 Å². The van der Waals surface area contributed by atoms with Gasteiger partial charge < -0.3 is 5.11 Å². The first-order chi connectivity index (χ1) is 12.9. The van der Waals surface area contributed by atoms with Crippen molar-refractivity contribution in [2.75, 3.05) is 0 Å². The fraction of sp³-hybridized carbons (Fsp3) is 0.0556. The van der Waals surface area contributed by atoms with E-state index in [9.17, 15) is 20.0 Å². The summed E-state index contributed by atoms with van der Waals surface area (Å²) in [6, 6.07) is 13.9. The summed E-state index contributed by atoms with van der Waals surface area (Å²) in [4.78, 5) is 22.6. The molecule has 0 saturated heterocycles. The van der Waals surface area contributed by atoms with E-state index in [0.29, 0.717) is 17.0 Å². The van der Waals surface area contributed by atoms with Gasteiger partial charge in [0.25, 0.3) is 11.6 Å². The number of nitrogens with zero attached hydrogens (tertiary/aromatic N) is 3. The monoisotopic (exact) mass is 365 g/mol. The van der Waals surface area contributed by atoms with Crippen LogP contribution in [0.4, 0.5) is 5.69 Å². The standard InChI is InChI=1S/C18H15N5O4/c1-11(12-5-7-15(24)8-6-12)19-22-18(25)17-10-16(20-21-17)13-3-2-4-14(9-13)23(26)27/h2-10,24H,1H3,(H,20,21)(H,22,25). The summed E-state index contributed by atoms with van der Waals surface area (Å²) in [7, 11) is 0. The van der Waals surface area contributed by atoms with Gasteiger partial charge in [0, 0.05) is 17.7 Å². The maximum Gasteiger partial charge on any atom is 0.289 e. The zero-order chi connectivity index (χ0) is 19.4. The maximum atomic E-state index is 12.2. The van der Waals surface area contributed by atoms with Crippen LogP contribution >= 0.6 is 0 Å². The maximum absolute atomic E-state index is 12.2. The minimum absolute atomic E-state index is 0.0596. The summed E-state index contributed by atoms with van der Waals surface area (Å²) in [5.74, 6) is -0.362. The first-order valence-corrected chi connectivity index (χ1v) is 7.88. The van der Waals surface area contributed by atoms with Crippen LogP contribution in [0, 0.1) is 10.1 Å². The lowest BCUT2D eigenvalue weighted by atomic mass is 10.1. The molecule has 3 N–H and O–H groups in total. The first-order valence-electron chi connectivity index (χ1n) is 7.88. The Labute approximate surface area is 153 Å². The normalized spacial score (nSPS) is 11.2. The molecule has 0 fully saturated rings. The number of phenolic OH excluding ortho intramolecular Hbond substituents is 1. The number of aromatic nitrogens is 2. The van der Waals surface area contributed by atoms with Crippen LogP contribution < -0.4 is 5.43 Å². The van der Waals surface area contributed by atoms with Crippen molar-refractivity contribution < 1.29 is 14.8 Å². The summed E-state index contributed by atoms with van der Waals surface area (Å²) in [5, 5.41) is 30.8. The van der Waals surface area contributed by atoms with Gasteiger partial charge in [-0.25, -0.2) is 5.43 Å². The molecule has 9 heteroatoms. The van der Waals surface area contributed by atoms with Crippen molar-refractivity contribution >= 4 is 17.3 Å². The highest BCUT2D eigenvalue weighted by Gasteiger charge is 2.13. The highest BCUT2D eigenvalue weighted by molar-refractivity contribution is 6.00. The van der Waals surface area contributed by atoms with E-state index in [2.05, 4.69) is 20.7 Å². The molecular formula is C18H15N5O4. The number of aromatic hydroxyl groups is 1. The average Bonchev–Trinajstić information content (AvgIpc) is 3.17. The Balaban J connectivity index is 1.73. The lowest BCUT2D eigenvalue weighted by Gasteiger charge is -2.02. The second-order valence-electron chi connectivity index (χ2n) is 5.66. The number of hydrazone groups is 1. The van der Waals surface area contributed by atoms with Crippen LogP contribution in [0.2, 0.25) is 0 Å². The van der Waals surface area contributed by atoms with E-state index in [1.54, 1.807) is 31.2 Å². The molecule has 0 atom stereocenters. The number of carbonyl (C=O) groups excluding carboxylic acids is 1. The molecule has 0 aliphatic heterocycles. The Morgan fingerprint density at radius 2 is 1.96 bits per heavy atom. The zero-order valence-corrected chi connectivity index (χ0v) is 14.2. The number of aromatic amines is 1. The minimum atomic E-state index is -0.502. The summed E-state index contributed by atoms with van der Waals surface area (Å²) in [5.41, 5.74) is 4.74. The van der Waals surface area contributed by atoms with Gasteiger partial charge >= 0.3 is 0 Å². The molecule has 0 spiro atoms. The molecule has 27 heavy (non-hydrogen) atoms. The molecule has 0 bridgehead atoms. The third-order valence-electron chi connectivity index (χ3n) is 3.79. The van der Waals surface area contributed by atoms with E-state index in [1.165, 1.54) is 30.3 Å². The van der Waals surface area contributed by atoms with Gasteiger partial charge in [-0.2, -0.15) is 10.2 Å². The van der Waals surface area contributed by atoms with Crippen molar-refractivity contribution in [3.05, 3.63) is 76.0 Å². The number of nitrogens with one attached hydrogen (secondary N) is 2. The number of benzene rings is 2. The fourth-order valence-corrected chi connectivity index (χ4v) is 2.33. The van der Waals surface area contributed by atoms with Crippen molar-refractivity contribution in [2.24, 2.45) is 5.10 Å². The van der Waals surface area contributed by atoms with Gasteiger partial charge in [-0.05, 0) is 42.8 Å². The van der Waals surface area contributed by atoms with Gasteiger partial charge in [0.15, 0.2) is 0 Å². The molecule has 0 aliphatic carbocycles. The molecule has 1 amide bonds. The SMILES string of the molecule is CC(=NNC(=O)c1cc(-c2cccc([N+](=O)[O-])c2)n[nH]1)c1ccc(O)cc1. The summed E-state index contributed by atoms with van der Waals surface area (Å²) < 4.78 is 0. The smallest absolute Gasteiger partial charge is 0.289 e. The summed E-state index contributed by atoms with van der Waals surface area (Å²) >= 11 is 0. The van der Waals surface area contributed by atoms with Gasteiger partial charge in [-0.1, -0.05) is 12.1 Å². The van der Waals surface area contributed by atoms with Crippen molar-refractivity contribution in [3.8, 4) is 17.0 Å². The predicted molar refractivity (Wildman–Crippen MR) is 98.5 cm³/mol. The molecule has 3 aromatic rings. The fourth-order valence-electron chi connectivity index (χ4n) is 2.33. The molecular weight excluding hydrogens is 350 g/mol. The van der Waals surface area contributed by atoms with Crippen LogP contribution in [0.1, 0.15) is 23.0 Å². The van der Waals surface area contributed by atoms with Crippen LogP contribution in [-0.4, -0.2) is 31.8 Å². The lowest BCUT2D eigenvalue weighted by molar-refractivity contribution is -0.384. The first kappa shape index (κ1) is 17.8. The van der Waals surface area contributed by atoms with Gasteiger partial charge in [0.2, 0.25) is 0 Å². The molecule has 136 valence electrons. The highest BCUT2D eigenvalue weighted by atomic mass is 16.6. The predicted octanol–water partition coefficient (Wildman–Crippen LogP) is 2.84. The van der Waals surface area contributed by atoms with Crippen molar-refractivity contribution in [2.45, 2.75) is 6.92 Å². The van der Waals surface area contributed by atoms with Crippen molar-refractivity contribution in [1.29, 1.82) is 0 Å². The number of non-ortho nitro benzene ring substituents is 1. The largest absolute Gasteiger partial charge is 0.508 e. The number of carbonyl (C=O) groups is 1. The summed E-state index contributed by atoms with van der Waals surface area (Å²) in [6.45, 7) is 1.72. The Kier molecular flexibility index (Phi) is 4.93. The number of hydrogen-bond donors (Lipinski definition) is 3. The van der Waals surface area contributed by atoms with E-state index < -0.39 is 10.8 Å². The molecule has 0 saturated carbocycles. The topological polar surface area (TPSA) is 134 Å². The number of rotatable bonds is 5. The molecule has 1 heterocycles. The Bertz CT molecular complexity index is 1020. The van der Waals surface area contributed by atoms with Crippen LogP contribution in [0.25, 0.3) is 11.3 Å². The van der Waals surface area contributed by atoms with E-state index in [-0.39, 0.29) is 17.1 Å². The second-order valence-corrected chi connectivity index (χ2v) is 5.66. The minimum Gasteiger partial charge on any atom is -0.508 e. The van der Waals surface area contributed by atoms with Crippen LogP contribution in [0.5, 0.6) is 5.75 Å². The van der Waals surface area contributed by atoms with E-state index in [1.807, 2.05) is 0 Å². The molecule has 0 unspecified atom stereocenters. The molecule has 1 aromatic heterocycles. The van der Waals surface area contributed by atoms with E-state index in [4.69, 9.17) is 0 Å². The number of phenols is 1. The number of hydrogen-bond acceptors (Lipinski definition) is 6. The van der Waals surface area contributed by atoms with Gasteiger partial charge in [0.05, 0.1) is 16.3 Å². The number of H-pyrrole nitrogens is 1. The third-order valence-corrected chi connectivity index (χ3v) is 3.79. The zero-order valence-electron chi connectivity index (χ0n) is 14.2. The number of nitro benzene ring substituents is 1. The Morgan fingerprint density at radius 1 is 1.22 bits per heavy atom. The van der Waals surface area contributed by atoms with Crippen molar-refractivity contribution in [3.63, 3.8) is 0 Å². The third kappa shape index (κ3) is 4.15. The second kappa shape index (κ2) is 7.48. The average molecular weight is 365 g/mol. The van der Waals surface area contributed by atoms with Crippen LogP contribution in [-0.2, 0) is 0 Å². The van der Waals surface area contributed by atoms with Crippen LogP contribution in [0.3, 0.4) is 0 Å². The van der Waals surface area contributed by atoms with E-state index >= 15 is 0 Å². The van der Waals surface area contributed by atoms with Gasteiger partial charge in [0.1, 0.15) is 11.4 Å². The Morgan fingerprint density at radius 3 is 2.67 bits per heavy atom. The highest BCUT2D eigenvalue weighted by Crippen LogP contribution is 2.22. The molecule has 0 aliphatic rings. The molecule has 0 radical (unpaired) electrons. The molecule has 2 aromatic carbocycles. The number of amides is 1. The number of nitro groups is 1. The van der Waals surface area contributed by atoms with Gasteiger partial charge in [-0.15, -0.1) is 0 Å². The quantitative estimate of drug-likeness (QED) is 0.363. The Hall–Kier alpha value is -4.01. The summed E-state index contributed by atoms with van der Waals surface area (Å²) in [6.07, 6.45) is 0. The lowest BCUT2D eigenvalue weighted by Crippen LogP contribution is -2.19. The van der Waals surface area contributed by atoms with Gasteiger partial charge in [-0.3, -0.25) is 20.0 Å². The van der Waals surface area contributed by atoms with Crippen LogP contribution in [0.15, 0.2) is 59.7 Å². The molecule has 9 nitrogen and oxygen atoms in total. The van der Waals surface area contributed by atoms with Crippen molar-refractivity contribution in [1.82, 2.24) is 15.6 Å². The molecule has 3 rings (SSSR count).